The van der Waals surface area contributed by atoms with Crippen LogP contribution in [0.1, 0.15) is 25.8 Å². The number of hydrogen-bond donors (Lipinski definition) is 1. The van der Waals surface area contributed by atoms with Crippen LogP contribution in [0.5, 0.6) is 0 Å². The van der Waals surface area contributed by atoms with Crippen molar-refractivity contribution in [3.63, 3.8) is 0 Å². The summed E-state index contributed by atoms with van der Waals surface area (Å²) >= 11 is 0. The van der Waals surface area contributed by atoms with Crippen LogP contribution in [-0.2, 0) is 5.41 Å². The van der Waals surface area contributed by atoms with E-state index in [4.69, 9.17) is 0 Å². The molecule has 0 spiro atoms. The topological polar surface area (TPSA) is 20.2 Å². The molecular weight excluding hydrogens is 198 g/mol. The Morgan fingerprint density at radius 3 is 2.27 bits per heavy atom. The Labute approximate surface area is 87.7 Å². The Kier molecular flexibility index (Phi) is 2.12. The third-order valence-corrected chi connectivity index (χ3v) is 3.66. The summed E-state index contributed by atoms with van der Waals surface area (Å²) in [6.07, 6.45) is 0.807. The molecule has 1 atom stereocenters. The van der Waals surface area contributed by atoms with E-state index in [-0.39, 0.29) is 17.4 Å². The first kappa shape index (κ1) is 10.6. The fourth-order valence-electron chi connectivity index (χ4n) is 2.36. The number of aliphatic hydroxyl groups is 1. The number of hydrogen-bond acceptors (Lipinski definition) is 1. The molecule has 1 N–H and O–H groups in total. The van der Waals surface area contributed by atoms with E-state index in [0.29, 0.717) is 5.56 Å². The molecule has 1 aromatic carbocycles. The molecule has 82 valence electrons. The van der Waals surface area contributed by atoms with Crippen molar-refractivity contribution >= 4 is 0 Å². The first-order chi connectivity index (χ1) is 6.93. The first-order valence-corrected chi connectivity index (χ1v) is 4.99. The minimum atomic E-state index is -0.844. The molecule has 2 rings (SSSR count). The Bertz CT molecular complexity index is 401. The minimum absolute atomic E-state index is 0.0227. The van der Waals surface area contributed by atoms with Crippen LogP contribution in [0.4, 0.5) is 8.78 Å². The molecule has 0 amide bonds. The third-order valence-electron chi connectivity index (χ3n) is 3.66. The maximum Gasteiger partial charge on any atom is 0.159 e. The molecule has 1 aromatic rings. The Hall–Kier alpha value is -0.960. The lowest BCUT2D eigenvalue weighted by Crippen LogP contribution is -2.19. The summed E-state index contributed by atoms with van der Waals surface area (Å²) < 4.78 is 25.8. The zero-order valence-corrected chi connectivity index (χ0v) is 8.85. The SMILES string of the molecule is CC1(C)CC1(CO)c1ccc(F)c(F)c1. The van der Waals surface area contributed by atoms with E-state index in [1.807, 2.05) is 13.8 Å². The Morgan fingerprint density at radius 2 is 1.87 bits per heavy atom. The summed E-state index contributed by atoms with van der Waals surface area (Å²) in [7, 11) is 0. The van der Waals surface area contributed by atoms with Gasteiger partial charge in [-0.1, -0.05) is 19.9 Å². The zero-order valence-electron chi connectivity index (χ0n) is 8.85. The molecule has 0 saturated heterocycles. The van der Waals surface area contributed by atoms with Crippen molar-refractivity contribution in [3.05, 3.63) is 35.4 Å². The molecule has 1 unspecified atom stereocenters. The lowest BCUT2D eigenvalue weighted by atomic mass is 9.88. The van der Waals surface area contributed by atoms with Gasteiger partial charge in [-0.2, -0.15) is 0 Å². The normalized spacial score (nSPS) is 27.8. The molecule has 1 aliphatic carbocycles. The lowest BCUT2D eigenvalue weighted by Gasteiger charge is -2.18. The number of benzene rings is 1. The predicted molar refractivity (Wildman–Crippen MR) is 53.5 cm³/mol. The molecule has 3 heteroatoms. The van der Waals surface area contributed by atoms with Crippen LogP contribution in [0.2, 0.25) is 0 Å². The Morgan fingerprint density at radius 1 is 1.27 bits per heavy atom. The van der Waals surface area contributed by atoms with E-state index in [1.165, 1.54) is 6.07 Å². The van der Waals surface area contributed by atoms with Gasteiger partial charge in [0.15, 0.2) is 11.6 Å². The maximum atomic E-state index is 13.1. The van der Waals surface area contributed by atoms with Gasteiger partial charge in [0, 0.05) is 5.41 Å². The van der Waals surface area contributed by atoms with Gasteiger partial charge < -0.3 is 5.11 Å². The predicted octanol–water partition coefficient (Wildman–Crippen LogP) is 2.62. The zero-order chi connectivity index (χ0) is 11.3. The molecule has 15 heavy (non-hydrogen) atoms. The van der Waals surface area contributed by atoms with Crippen LogP contribution in [0.25, 0.3) is 0 Å². The van der Waals surface area contributed by atoms with E-state index in [1.54, 1.807) is 6.07 Å². The molecule has 0 bridgehead atoms. The van der Waals surface area contributed by atoms with Crippen molar-refractivity contribution in [2.75, 3.05) is 6.61 Å². The second-order valence-electron chi connectivity index (χ2n) is 4.93. The van der Waals surface area contributed by atoms with Crippen molar-refractivity contribution < 1.29 is 13.9 Å². The van der Waals surface area contributed by atoms with Gasteiger partial charge in [-0.25, -0.2) is 8.78 Å². The standard InChI is InChI=1S/C12H14F2O/c1-11(2)6-12(11,7-15)8-3-4-9(13)10(14)5-8/h3-5,15H,6-7H2,1-2H3. The molecule has 1 aliphatic rings. The summed E-state index contributed by atoms with van der Waals surface area (Å²) in [5, 5.41) is 9.39. The van der Waals surface area contributed by atoms with E-state index in [2.05, 4.69) is 0 Å². The molecule has 1 nitrogen and oxygen atoms in total. The van der Waals surface area contributed by atoms with Crippen molar-refractivity contribution in [2.45, 2.75) is 25.7 Å². The molecule has 0 aliphatic heterocycles. The van der Waals surface area contributed by atoms with Gasteiger partial charge in [0.05, 0.1) is 6.61 Å². The van der Waals surface area contributed by atoms with E-state index in [9.17, 15) is 13.9 Å². The third kappa shape index (κ3) is 1.37. The molecule has 1 fully saturated rings. The van der Waals surface area contributed by atoms with Crippen LogP contribution in [0, 0.1) is 17.0 Å². The first-order valence-electron chi connectivity index (χ1n) is 4.99. The van der Waals surface area contributed by atoms with Crippen LogP contribution < -0.4 is 0 Å². The fraction of sp³-hybridized carbons (Fsp3) is 0.500. The number of halogens is 2. The van der Waals surface area contributed by atoms with E-state index >= 15 is 0 Å². The highest BCUT2D eigenvalue weighted by Crippen LogP contribution is 2.63. The van der Waals surface area contributed by atoms with Gasteiger partial charge >= 0.3 is 0 Å². The van der Waals surface area contributed by atoms with Crippen molar-refractivity contribution in [1.82, 2.24) is 0 Å². The quantitative estimate of drug-likeness (QED) is 0.799. The summed E-state index contributed by atoms with van der Waals surface area (Å²) in [6, 6.07) is 3.88. The summed E-state index contributed by atoms with van der Waals surface area (Å²) in [6.45, 7) is 4.01. The van der Waals surface area contributed by atoms with Crippen molar-refractivity contribution in [2.24, 2.45) is 5.41 Å². The highest BCUT2D eigenvalue weighted by atomic mass is 19.2. The van der Waals surface area contributed by atoms with Gasteiger partial charge in [-0.3, -0.25) is 0 Å². The Balaban J connectivity index is 2.42. The molecular formula is C12H14F2O. The van der Waals surface area contributed by atoms with Crippen LogP contribution in [0.15, 0.2) is 18.2 Å². The van der Waals surface area contributed by atoms with E-state index in [0.717, 1.165) is 12.5 Å². The summed E-state index contributed by atoms with van der Waals surface area (Å²) in [5.74, 6) is -1.69. The maximum absolute atomic E-state index is 13.1. The van der Waals surface area contributed by atoms with Crippen molar-refractivity contribution in [1.29, 1.82) is 0 Å². The average Bonchev–Trinajstić information content (AvgIpc) is 2.75. The van der Waals surface area contributed by atoms with Crippen LogP contribution >= 0.6 is 0 Å². The highest BCUT2D eigenvalue weighted by Gasteiger charge is 2.61. The monoisotopic (exact) mass is 212 g/mol. The van der Waals surface area contributed by atoms with Gasteiger partial charge in [-0.15, -0.1) is 0 Å². The average molecular weight is 212 g/mol. The molecule has 0 heterocycles. The molecule has 1 saturated carbocycles. The lowest BCUT2D eigenvalue weighted by molar-refractivity contribution is 0.231. The minimum Gasteiger partial charge on any atom is -0.395 e. The second-order valence-corrected chi connectivity index (χ2v) is 4.93. The van der Waals surface area contributed by atoms with Crippen LogP contribution in [-0.4, -0.2) is 11.7 Å². The highest BCUT2D eigenvalue weighted by molar-refractivity contribution is 5.37. The van der Waals surface area contributed by atoms with Gasteiger partial charge in [0.1, 0.15) is 0 Å². The van der Waals surface area contributed by atoms with Crippen molar-refractivity contribution in [3.8, 4) is 0 Å². The second kappa shape index (κ2) is 3.01. The molecule has 0 aromatic heterocycles. The van der Waals surface area contributed by atoms with Gasteiger partial charge in [-0.05, 0) is 29.5 Å². The van der Waals surface area contributed by atoms with Crippen LogP contribution in [0.3, 0.4) is 0 Å². The summed E-state index contributed by atoms with van der Waals surface area (Å²) in [4.78, 5) is 0. The largest absolute Gasteiger partial charge is 0.395 e. The van der Waals surface area contributed by atoms with E-state index < -0.39 is 11.6 Å². The number of rotatable bonds is 2. The summed E-state index contributed by atoms with van der Waals surface area (Å²) in [5.41, 5.74) is 0.266. The smallest absolute Gasteiger partial charge is 0.159 e. The fourth-order valence-corrected chi connectivity index (χ4v) is 2.36. The van der Waals surface area contributed by atoms with Gasteiger partial charge in [0.25, 0.3) is 0 Å². The van der Waals surface area contributed by atoms with Gasteiger partial charge in [0.2, 0.25) is 0 Å². The molecule has 0 radical (unpaired) electrons. The number of aliphatic hydroxyl groups excluding tert-OH is 1.